The van der Waals surface area contributed by atoms with E-state index in [1.807, 2.05) is 0 Å². The second-order valence-corrected chi connectivity index (χ2v) is 4.38. The molecule has 0 amide bonds. The number of rotatable bonds is 10. The molecule has 1 unspecified atom stereocenters. The zero-order valence-electron chi connectivity index (χ0n) is 11.8. The summed E-state index contributed by atoms with van der Waals surface area (Å²) < 4.78 is 10.0. The first-order valence-corrected chi connectivity index (χ1v) is 6.47. The Morgan fingerprint density at radius 2 is 2.24 bits per heavy atom. The molecule has 0 bridgehead atoms. The van der Waals surface area contributed by atoms with Gasteiger partial charge in [0.25, 0.3) is 0 Å². The van der Waals surface area contributed by atoms with Gasteiger partial charge in [-0.15, -0.1) is 0 Å². The third kappa shape index (κ3) is 6.05. The van der Waals surface area contributed by atoms with E-state index < -0.39 is 17.6 Å². The highest BCUT2D eigenvalue weighted by atomic mass is 16.6. The van der Waals surface area contributed by atoms with Crippen LogP contribution in [0, 0.1) is 10.1 Å². The summed E-state index contributed by atoms with van der Waals surface area (Å²) in [6, 6.07) is 4.60. The molecule has 0 radical (unpaired) electrons. The Labute approximate surface area is 122 Å². The molecule has 8 heteroatoms. The number of aliphatic hydroxyl groups is 2. The van der Waals surface area contributed by atoms with E-state index in [2.05, 4.69) is 5.32 Å². The molecule has 118 valence electrons. The van der Waals surface area contributed by atoms with Crippen molar-refractivity contribution in [1.82, 2.24) is 5.32 Å². The van der Waals surface area contributed by atoms with Gasteiger partial charge in [0, 0.05) is 26.3 Å². The molecule has 1 atom stereocenters. The van der Waals surface area contributed by atoms with Gasteiger partial charge in [-0.2, -0.15) is 0 Å². The first-order chi connectivity index (χ1) is 10.1. The lowest BCUT2D eigenvalue weighted by Gasteiger charge is -2.11. The van der Waals surface area contributed by atoms with Crippen LogP contribution in [0.15, 0.2) is 18.2 Å². The topological polar surface area (TPSA) is 114 Å². The van der Waals surface area contributed by atoms with Crippen molar-refractivity contribution in [2.45, 2.75) is 12.6 Å². The van der Waals surface area contributed by atoms with E-state index >= 15 is 0 Å². The molecular weight excluding hydrogens is 280 g/mol. The number of benzene rings is 1. The number of nitro benzene ring substituents is 1. The number of nitrogens with zero attached hydrogens (tertiary/aromatic N) is 1. The van der Waals surface area contributed by atoms with Crippen molar-refractivity contribution in [2.24, 2.45) is 0 Å². The molecule has 0 aromatic heterocycles. The van der Waals surface area contributed by atoms with Gasteiger partial charge in [0.1, 0.15) is 12.7 Å². The van der Waals surface area contributed by atoms with Gasteiger partial charge in [-0.25, -0.2) is 0 Å². The van der Waals surface area contributed by atoms with E-state index in [-0.39, 0.29) is 18.0 Å². The Kier molecular flexibility index (Phi) is 7.62. The quantitative estimate of drug-likeness (QED) is 0.318. The average molecular weight is 300 g/mol. The zero-order valence-corrected chi connectivity index (χ0v) is 11.8. The fourth-order valence-corrected chi connectivity index (χ4v) is 1.58. The van der Waals surface area contributed by atoms with Crippen LogP contribution in [0.4, 0.5) is 5.69 Å². The van der Waals surface area contributed by atoms with Gasteiger partial charge in [-0.05, 0) is 11.6 Å². The summed E-state index contributed by atoms with van der Waals surface area (Å²) in [5, 5.41) is 32.0. The fraction of sp³-hybridized carbons (Fsp3) is 0.538. The van der Waals surface area contributed by atoms with Crippen molar-refractivity contribution in [3.63, 3.8) is 0 Å². The highest BCUT2D eigenvalue weighted by Crippen LogP contribution is 2.28. The first-order valence-electron chi connectivity index (χ1n) is 6.47. The monoisotopic (exact) mass is 300 g/mol. The number of nitro groups is 1. The molecule has 1 aromatic rings. The molecule has 0 saturated carbocycles. The van der Waals surface area contributed by atoms with E-state index in [0.717, 1.165) is 5.56 Å². The van der Waals surface area contributed by atoms with Gasteiger partial charge in [0.05, 0.1) is 18.1 Å². The molecule has 21 heavy (non-hydrogen) atoms. The minimum Gasteiger partial charge on any atom is -0.484 e. The first kappa shape index (κ1) is 17.3. The van der Waals surface area contributed by atoms with Gasteiger partial charge in [0.15, 0.2) is 5.75 Å². The van der Waals surface area contributed by atoms with Gasteiger partial charge in [-0.1, -0.05) is 6.07 Å². The van der Waals surface area contributed by atoms with E-state index in [4.69, 9.17) is 14.6 Å². The molecule has 0 heterocycles. The molecule has 0 aliphatic heterocycles. The molecule has 0 saturated heterocycles. The molecule has 1 aromatic carbocycles. The van der Waals surface area contributed by atoms with Gasteiger partial charge in [0.2, 0.25) is 0 Å². The summed E-state index contributed by atoms with van der Waals surface area (Å²) >= 11 is 0. The van der Waals surface area contributed by atoms with E-state index in [1.54, 1.807) is 13.2 Å². The van der Waals surface area contributed by atoms with E-state index in [9.17, 15) is 15.2 Å². The van der Waals surface area contributed by atoms with Crippen molar-refractivity contribution < 1.29 is 24.6 Å². The Bertz CT molecular complexity index is 454. The predicted octanol–water partition coefficient (Wildman–Crippen LogP) is 0.0628. The number of ether oxygens (including phenoxy) is 2. The van der Waals surface area contributed by atoms with Crippen LogP contribution < -0.4 is 10.1 Å². The van der Waals surface area contributed by atoms with Crippen LogP contribution in [0.1, 0.15) is 5.56 Å². The number of nitrogens with one attached hydrogen (secondary N) is 1. The second-order valence-electron chi connectivity index (χ2n) is 4.38. The molecule has 0 spiro atoms. The van der Waals surface area contributed by atoms with E-state index in [0.29, 0.717) is 19.7 Å². The smallest absolute Gasteiger partial charge is 0.311 e. The molecular formula is C13H20N2O6. The number of hydrogen-bond acceptors (Lipinski definition) is 7. The average Bonchev–Trinajstić information content (AvgIpc) is 2.49. The van der Waals surface area contributed by atoms with Crippen LogP contribution in [-0.2, 0) is 11.3 Å². The summed E-state index contributed by atoms with van der Waals surface area (Å²) in [6.45, 7) is 1.01. The summed E-state index contributed by atoms with van der Waals surface area (Å²) in [5.41, 5.74) is 0.569. The molecule has 0 fully saturated rings. The van der Waals surface area contributed by atoms with Crippen LogP contribution in [0.25, 0.3) is 0 Å². The lowest BCUT2D eigenvalue weighted by molar-refractivity contribution is -0.386. The molecule has 3 N–H and O–H groups in total. The van der Waals surface area contributed by atoms with Crippen LogP contribution in [0.2, 0.25) is 0 Å². The second kappa shape index (κ2) is 9.24. The van der Waals surface area contributed by atoms with Crippen LogP contribution in [0.5, 0.6) is 5.75 Å². The van der Waals surface area contributed by atoms with Gasteiger partial charge in [-0.3, -0.25) is 10.1 Å². The normalized spacial score (nSPS) is 12.1. The molecule has 0 aliphatic rings. The lowest BCUT2D eigenvalue weighted by atomic mass is 10.2. The number of methoxy groups -OCH3 is 1. The maximum atomic E-state index is 11.0. The molecule has 1 rings (SSSR count). The van der Waals surface area contributed by atoms with Crippen LogP contribution in [-0.4, -0.2) is 54.7 Å². The van der Waals surface area contributed by atoms with Crippen molar-refractivity contribution in [2.75, 3.05) is 33.5 Å². The van der Waals surface area contributed by atoms with Crippen LogP contribution in [0.3, 0.4) is 0 Å². The van der Waals surface area contributed by atoms with Crippen molar-refractivity contribution in [3.8, 4) is 5.75 Å². The molecule has 0 aliphatic carbocycles. The van der Waals surface area contributed by atoms with Crippen LogP contribution >= 0.6 is 0 Å². The minimum absolute atomic E-state index is 0.0631. The lowest BCUT2D eigenvalue weighted by Crippen LogP contribution is -2.21. The summed E-state index contributed by atoms with van der Waals surface area (Å²) in [6.07, 6.45) is -1.07. The Morgan fingerprint density at radius 3 is 2.86 bits per heavy atom. The van der Waals surface area contributed by atoms with Crippen molar-refractivity contribution in [1.29, 1.82) is 0 Å². The number of hydrogen-bond donors (Lipinski definition) is 3. The zero-order chi connectivity index (χ0) is 15.7. The summed E-state index contributed by atoms with van der Waals surface area (Å²) in [5.74, 6) is 0.0631. The molecule has 8 nitrogen and oxygen atoms in total. The number of aliphatic hydroxyl groups excluding tert-OH is 2. The maximum absolute atomic E-state index is 11.0. The fourth-order valence-electron chi connectivity index (χ4n) is 1.58. The highest BCUT2D eigenvalue weighted by Gasteiger charge is 2.17. The minimum atomic E-state index is -1.07. The maximum Gasteiger partial charge on any atom is 0.311 e. The summed E-state index contributed by atoms with van der Waals surface area (Å²) in [4.78, 5) is 10.5. The predicted molar refractivity (Wildman–Crippen MR) is 75.3 cm³/mol. The van der Waals surface area contributed by atoms with E-state index in [1.165, 1.54) is 12.1 Å². The third-order valence-corrected chi connectivity index (χ3v) is 2.67. The Balaban J connectivity index is 2.70. The van der Waals surface area contributed by atoms with Crippen molar-refractivity contribution in [3.05, 3.63) is 33.9 Å². The van der Waals surface area contributed by atoms with Crippen molar-refractivity contribution >= 4 is 5.69 Å². The standard InChI is InChI=1S/C13H20N2O6/c1-20-5-4-14-7-10-2-3-13(12(6-10)15(18)19)21-9-11(17)8-16/h2-3,6,11,14,16-17H,4-5,7-9H2,1H3. The van der Waals surface area contributed by atoms with Gasteiger partial charge >= 0.3 is 5.69 Å². The van der Waals surface area contributed by atoms with Gasteiger partial charge < -0.3 is 25.0 Å². The SMILES string of the molecule is COCCNCc1ccc(OCC(O)CO)c([N+](=O)[O-])c1. The largest absolute Gasteiger partial charge is 0.484 e. The Morgan fingerprint density at radius 1 is 1.48 bits per heavy atom. The third-order valence-electron chi connectivity index (χ3n) is 2.67. The Hall–Kier alpha value is -1.74. The summed E-state index contributed by atoms with van der Waals surface area (Å²) in [7, 11) is 1.60. The highest BCUT2D eigenvalue weighted by molar-refractivity contribution is 5.48.